The van der Waals surface area contributed by atoms with E-state index in [1.807, 2.05) is 0 Å². The topological polar surface area (TPSA) is 0 Å². The zero-order valence-corrected chi connectivity index (χ0v) is 24.1. The van der Waals surface area contributed by atoms with E-state index in [1.165, 1.54) is 44.5 Å². The first kappa shape index (κ1) is 25.6. The van der Waals surface area contributed by atoms with E-state index in [2.05, 4.69) is 99.8 Å². The molecule has 0 saturated heterocycles. The molecule has 2 aromatic carbocycles. The Morgan fingerprint density at radius 2 is 1.39 bits per heavy atom. The van der Waals surface area contributed by atoms with Gasteiger partial charge in [-0.2, -0.15) is 11.1 Å². The summed E-state index contributed by atoms with van der Waals surface area (Å²) >= 11 is 0. The third kappa shape index (κ3) is 3.98. The number of rotatable bonds is 1. The first-order valence-electron chi connectivity index (χ1n) is 10.2. The van der Waals surface area contributed by atoms with Gasteiger partial charge < -0.3 is 14.9 Å². The van der Waals surface area contributed by atoms with Crippen LogP contribution in [0, 0.1) is 26.8 Å². The monoisotopic (exact) mass is 587 g/mol. The Hall–Kier alpha value is -1.64. The van der Waals surface area contributed by atoms with Gasteiger partial charge in [0.2, 0.25) is 0 Å². The van der Waals surface area contributed by atoms with E-state index in [9.17, 15) is 0 Å². The van der Waals surface area contributed by atoms with Crippen LogP contribution in [-0.2, 0) is 25.8 Å². The second-order valence-electron chi connectivity index (χ2n) is 8.30. The fraction of sp³-hybridized carbons (Fsp3) is 0.207. The van der Waals surface area contributed by atoms with Crippen molar-refractivity contribution in [2.75, 3.05) is 0 Å². The Morgan fingerprint density at radius 1 is 0.839 bits per heavy atom. The fourth-order valence-electron chi connectivity index (χ4n) is 5.27. The van der Waals surface area contributed by atoms with Crippen LogP contribution in [0.1, 0.15) is 30.9 Å². The molecule has 0 spiro atoms. The molecule has 0 aromatic heterocycles. The van der Waals surface area contributed by atoms with E-state index < -0.39 is 8.41 Å². The number of hydrogen-bond donors (Lipinski definition) is 0. The van der Waals surface area contributed by atoms with E-state index in [-0.39, 0.29) is 40.7 Å². The van der Waals surface area contributed by atoms with Crippen LogP contribution in [0.25, 0.3) is 11.1 Å². The summed E-state index contributed by atoms with van der Waals surface area (Å²) in [5.41, 5.74) is 11.2. The predicted octanol–water partition coefficient (Wildman–Crippen LogP) is 7.40. The van der Waals surface area contributed by atoms with E-state index in [1.54, 1.807) is 5.17 Å². The molecule has 1 atom stereocenters. The molecule has 0 saturated carbocycles. The average Bonchev–Trinajstić information content (AvgIpc) is 3.13. The minimum Gasteiger partial charge on any atom is -0.358 e. The number of fused-ring (bicyclic) bond motifs is 4. The molecule has 0 aliphatic heterocycles. The van der Waals surface area contributed by atoms with Gasteiger partial charge in [-0.1, -0.05) is 86.7 Å². The molecular formula is C29H31HfSi-3. The summed E-state index contributed by atoms with van der Waals surface area (Å²) in [4.78, 5) is 0. The number of hydrogen-bond acceptors (Lipinski definition) is 0. The second-order valence-corrected chi connectivity index (χ2v) is 10.9. The van der Waals surface area contributed by atoms with Crippen LogP contribution in [0.2, 0.25) is 13.1 Å². The Balaban J connectivity index is 0.00000114. The summed E-state index contributed by atoms with van der Waals surface area (Å²) in [5.74, 6) is 0.765. The third-order valence-corrected chi connectivity index (χ3v) is 8.20. The summed E-state index contributed by atoms with van der Waals surface area (Å²) in [6, 6.07) is 17.9. The van der Waals surface area contributed by atoms with Gasteiger partial charge in [0.05, 0.1) is 0 Å². The molecule has 31 heavy (non-hydrogen) atoms. The quantitative estimate of drug-likeness (QED) is 0.242. The first-order chi connectivity index (χ1) is 13.6. The third-order valence-electron chi connectivity index (χ3n) is 6.44. The maximum Gasteiger partial charge on any atom is 0.00715 e. The molecule has 0 N–H and O–H groups in total. The molecule has 0 amide bonds. The number of allylic oxidation sites excluding steroid dienone is 8. The molecule has 5 rings (SSSR count). The molecular weight excluding hydrogens is 555 g/mol. The average molecular weight is 586 g/mol. The van der Waals surface area contributed by atoms with Crippen molar-refractivity contribution in [3.63, 3.8) is 0 Å². The van der Waals surface area contributed by atoms with Crippen molar-refractivity contribution in [1.82, 2.24) is 0 Å². The Kier molecular flexibility index (Phi) is 8.16. The Bertz CT molecular complexity index is 1110. The van der Waals surface area contributed by atoms with Crippen molar-refractivity contribution in [2.24, 2.45) is 5.92 Å². The molecule has 0 radical (unpaired) electrons. The summed E-state index contributed by atoms with van der Waals surface area (Å²) in [6.07, 6.45) is 10.6. The van der Waals surface area contributed by atoms with E-state index in [0.717, 1.165) is 0 Å². The van der Waals surface area contributed by atoms with E-state index in [4.69, 9.17) is 0 Å². The van der Waals surface area contributed by atoms with Crippen LogP contribution in [0.15, 0.2) is 89.1 Å². The van der Waals surface area contributed by atoms with Gasteiger partial charge in [-0.25, -0.2) is 0 Å². The van der Waals surface area contributed by atoms with Crippen LogP contribution < -0.4 is 0 Å². The van der Waals surface area contributed by atoms with Crippen LogP contribution in [0.5, 0.6) is 0 Å². The molecule has 3 aliphatic rings. The van der Waals surface area contributed by atoms with Gasteiger partial charge in [0.1, 0.15) is 0 Å². The van der Waals surface area contributed by atoms with Crippen molar-refractivity contribution >= 4 is 13.6 Å². The largest absolute Gasteiger partial charge is 0.358 e. The summed E-state index contributed by atoms with van der Waals surface area (Å²) in [7, 11) is -0.503. The fourth-order valence-corrected chi connectivity index (χ4v) is 6.71. The molecule has 158 valence electrons. The van der Waals surface area contributed by atoms with Crippen LogP contribution in [0.3, 0.4) is 0 Å². The molecule has 2 aromatic rings. The molecule has 0 nitrogen and oxygen atoms in total. The zero-order chi connectivity index (χ0) is 19.4. The number of benzene rings is 2. The zero-order valence-electron chi connectivity index (χ0n) is 19.5. The van der Waals surface area contributed by atoms with Gasteiger partial charge >= 0.3 is 0 Å². The van der Waals surface area contributed by atoms with Crippen molar-refractivity contribution in [3.8, 4) is 11.1 Å². The van der Waals surface area contributed by atoms with Gasteiger partial charge in [0, 0.05) is 34.3 Å². The summed E-state index contributed by atoms with van der Waals surface area (Å²) in [6.45, 7) is 9.47. The molecule has 1 unspecified atom stereocenters. The molecule has 2 heteroatoms. The van der Waals surface area contributed by atoms with Crippen LogP contribution >= 0.6 is 0 Å². The van der Waals surface area contributed by atoms with E-state index >= 15 is 0 Å². The maximum atomic E-state index is 3.72. The van der Waals surface area contributed by atoms with Crippen molar-refractivity contribution in [3.05, 3.63) is 121 Å². The summed E-state index contributed by atoms with van der Waals surface area (Å²) < 4.78 is 0. The van der Waals surface area contributed by atoms with Gasteiger partial charge in [0.25, 0.3) is 0 Å². The molecule has 3 aliphatic carbocycles. The maximum absolute atomic E-state index is 3.72. The van der Waals surface area contributed by atoms with Crippen molar-refractivity contribution < 1.29 is 25.8 Å². The SMILES string of the molecule is CC1=[C-]C2=CC=CC(=[Si](C)C)C(C)C2=C1C1c2ccccc2-c2ccccc21.[CH3-].[CH3-].[Hf]. The first-order valence-corrected chi connectivity index (χ1v) is 12.7. The van der Waals surface area contributed by atoms with E-state index in [0.29, 0.717) is 11.8 Å². The second kappa shape index (κ2) is 9.88. The Morgan fingerprint density at radius 3 is 1.94 bits per heavy atom. The minimum absolute atomic E-state index is 0. The van der Waals surface area contributed by atoms with Gasteiger partial charge in [0.15, 0.2) is 0 Å². The van der Waals surface area contributed by atoms with Gasteiger partial charge in [-0.3, -0.25) is 0 Å². The Labute approximate surface area is 209 Å². The van der Waals surface area contributed by atoms with Crippen LogP contribution in [0.4, 0.5) is 0 Å². The molecule has 0 heterocycles. The smallest absolute Gasteiger partial charge is 0.00715 e. The minimum atomic E-state index is -0.503. The standard InChI is InChI=1S/C27H25Si.2CH3.Hf/c1-17-16-19-10-9-15-24(28(3)4)18(2)26(19)25(17)27-22-13-7-5-11-20(22)21-12-6-8-14-23(21)27;;;/h5-15,18,27H,1-4H3;2*1H3;/q3*-1;. The normalized spacial score (nSPS) is 18.5. The predicted molar refractivity (Wildman–Crippen MR) is 135 cm³/mol. The van der Waals surface area contributed by atoms with Crippen molar-refractivity contribution in [1.29, 1.82) is 0 Å². The molecule has 0 bridgehead atoms. The van der Waals surface area contributed by atoms with Gasteiger partial charge in [-0.15, -0.1) is 29.4 Å². The van der Waals surface area contributed by atoms with Crippen LogP contribution in [-0.4, -0.2) is 13.6 Å². The van der Waals surface area contributed by atoms with Crippen molar-refractivity contribution in [2.45, 2.75) is 32.9 Å². The summed E-state index contributed by atoms with van der Waals surface area (Å²) in [5, 5.41) is 1.61. The molecule has 0 fully saturated rings. The van der Waals surface area contributed by atoms with Gasteiger partial charge in [-0.05, 0) is 34.1 Å².